The molecule has 5 heteroatoms. The maximum absolute atomic E-state index is 12.4. The maximum atomic E-state index is 12.4. The van der Waals surface area contributed by atoms with Crippen molar-refractivity contribution in [2.75, 3.05) is 11.9 Å². The van der Waals surface area contributed by atoms with Gasteiger partial charge in [-0.15, -0.1) is 0 Å². The van der Waals surface area contributed by atoms with Crippen LogP contribution >= 0.6 is 11.3 Å². The van der Waals surface area contributed by atoms with Crippen LogP contribution in [0.4, 0.5) is 10.5 Å². The van der Waals surface area contributed by atoms with Crippen LogP contribution < -0.4 is 5.32 Å². The van der Waals surface area contributed by atoms with Crippen LogP contribution in [0.5, 0.6) is 0 Å². The van der Waals surface area contributed by atoms with Crippen molar-refractivity contribution in [3.8, 4) is 0 Å². The Morgan fingerprint density at radius 1 is 1.36 bits per heavy atom. The molecule has 116 valence electrons. The lowest BCUT2D eigenvalue weighted by atomic mass is 10.0. The highest BCUT2D eigenvalue weighted by atomic mass is 32.1. The molecule has 0 spiro atoms. The number of rotatable bonds is 4. The number of anilines is 1. The Hall–Kier alpha value is -1.85. The van der Waals surface area contributed by atoms with Crippen molar-refractivity contribution in [2.45, 2.75) is 31.4 Å². The van der Waals surface area contributed by atoms with Crippen LogP contribution in [0.3, 0.4) is 0 Å². The van der Waals surface area contributed by atoms with Gasteiger partial charge in [-0.1, -0.05) is 30.3 Å². The van der Waals surface area contributed by atoms with E-state index in [1.54, 1.807) is 11.3 Å². The predicted octanol–water partition coefficient (Wildman–Crippen LogP) is 3.87. The normalized spacial score (nSPS) is 19.1. The zero-order valence-electron chi connectivity index (χ0n) is 12.3. The third-order valence-electron chi connectivity index (χ3n) is 4.09. The number of likely N-dealkylation sites (tertiary alicyclic amines) is 1. The number of nitrogens with zero attached hydrogens (tertiary/aromatic N) is 1. The molecule has 0 radical (unpaired) electrons. The lowest BCUT2D eigenvalue weighted by Crippen LogP contribution is -2.39. The largest absolute Gasteiger partial charge is 0.388 e. The van der Waals surface area contributed by atoms with Gasteiger partial charge in [-0.05, 0) is 36.3 Å². The number of carbonyl (C=O) groups is 1. The van der Waals surface area contributed by atoms with E-state index in [9.17, 15) is 9.90 Å². The summed E-state index contributed by atoms with van der Waals surface area (Å²) in [6.45, 7) is 0.752. The Bertz CT molecular complexity index is 600. The fraction of sp³-hybridized carbons (Fsp3) is 0.353. The van der Waals surface area contributed by atoms with Crippen molar-refractivity contribution in [2.24, 2.45) is 0 Å². The fourth-order valence-electron chi connectivity index (χ4n) is 2.95. The number of thiophene rings is 1. The van der Waals surface area contributed by atoms with Crippen LogP contribution in [-0.2, 0) is 0 Å². The van der Waals surface area contributed by atoms with Gasteiger partial charge >= 0.3 is 6.03 Å². The van der Waals surface area contributed by atoms with Gasteiger partial charge in [0.15, 0.2) is 0 Å². The molecule has 1 aromatic carbocycles. The number of carbonyl (C=O) groups excluding carboxylic acids is 1. The van der Waals surface area contributed by atoms with Crippen LogP contribution in [-0.4, -0.2) is 28.6 Å². The number of hydrogen-bond donors (Lipinski definition) is 2. The predicted molar refractivity (Wildman–Crippen MR) is 89.1 cm³/mol. The van der Waals surface area contributed by atoms with E-state index in [1.165, 1.54) is 0 Å². The molecule has 1 fully saturated rings. The van der Waals surface area contributed by atoms with Crippen molar-refractivity contribution < 1.29 is 9.90 Å². The molecular formula is C17H20N2O2S. The average Bonchev–Trinajstić information content (AvgIpc) is 3.19. The molecule has 2 atom stereocenters. The molecule has 0 bridgehead atoms. The summed E-state index contributed by atoms with van der Waals surface area (Å²) in [5.41, 5.74) is 1.75. The zero-order chi connectivity index (χ0) is 15.4. The van der Waals surface area contributed by atoms with Gasteiger partial charge in [0.25, 0.3) is 0 Å². The summed E-state index contributed by atoms with van der Waals surface area (Å²) >= 11 is 1.56. The quantitative estimate of drug-likeness (QED) is 0.899. The highest BCUT2D eigenvalue weighted by molar-refractivity contribution is 7.08. The molecule has 2 aromatic rings. The molecule has 2 N–H and O–H groups in total. The highest BCUT2D eigenvalue weighted by Crippen LogP contribution is 2.28. The maximum Gasteiger partial charge on any atom is 0.322 e. The van der Waals surface area contributed by atoms with E-state index in [4.69, 9.17) is 0 Å². The number of aliphatic hydroxyl groups excluding tert-OH is 1. The van der Waals surface area contributed by atoms with Crippen molar-refractivity contribution in [3.63, 3.8) is 0 Å². The standard InChI is InChI=1S/C17H20N2O2S/c20-16(13-5-2-1-3-6-13)11-15-7-4-9-19(15)17(21)18-14-8-10-22-12-14/h1-3,5-6,8,10,12,15-16,20H,4,7,9,11H2,(H,18,21). The molecule has 22 heavy (non-hydrogen) atoms. The summed E-state index contributed by atoms with van der Waals surface area (Å²) in [5, 5.41) is 17.2. The third-order valence-corrected chi connectivity index (χ3v) is 4.77. The van der Waals surface area contributed by atoms with Crippen molar-refractivity contribution >= 4 is 23.1 Å². The molecule has 1 aliphatic rings. The summed E-state index contributed by atoms with van der Waals surface area (Å²) in [7, 11) is 0. The summed E-state index contributed by atoms with van der Waals surface area (Å²) < 4.78 is 0. The van der Waals surface area contributed by atoms with E-state index in [2.05, 4.69) is 5.32 Å². The van der Waals surface area contributed by atoms with Gasteiger partial charge in [0, 0.05) is 18.0 Å². The Balaban J connectivity index is 1.62. The Labute approximate surface area is 134 Å². The second-order valence-electron chi connectivity index (χ2n) is 5.59. The summed E-state index contributed by atoms with van der Waals surface area (Å²) in [4.78, 5) is 14.2. The minimum Gasteiger partial charge on any atom is -0.388 e. The van der Waals surface area contributed by atoms with Gasteiger partial charge < -0.3 is 15.3 Å². The first-order chi connectivity index (χ1) is 10.7. The molecular weight excluding hydrogens is 296 g/mol. The molecule has 4 nitrogen and oxygen atoms in total. The molecule has 1 saturated heterocycles. The summed E-state index contributed by atoms with van der Waals surface area (Å²) in [6.07, 6.45) is 1.99. The highest BCUT2D eigenvalue weighted by Gasteiger charge is 2.30. The van der Waals surface area contributed by atoms with Gasteiger partial charge in [0.05, 0.1) is 11.8 Å². The van der Waals surface area contributed by atoms with Gasteiger partial charge in [-0.3, -0.25) is 0 Å². The molecule has 2 heterocycles. The van der Waals surface area contributed by atoms with Crippen LogP contribution in [0.2, 0.25) is 0 Å². The van der Waals surface area contributed by atoms with Gasteiger partial charge in [-0.25, -0.2) is 4.79 Å². The molecule has 2 unspecified atom stereocenters. The van der Waals surface area contributed by atoms with E-state index >= 15 is 0 Å². The van der Waals surface area contributed by atoms with E-state index in [1.807, 2.05) is 52.1 Å². The fourth-order valence-corrected chi connectivity index (χ4v) is 3.54. The first kappa shape index (κ1) is 15.1. The lowest BCUT2D eigenvalue weighted by molar-refractivity contribution is 0.130. The van der Waals surface area contributed by atoms with Crippen molar-refractivity contribution in [3.05, 3.63) is 52.7 Å². The number of nitrogens with one attached hydrogen (secondary N) is 1. The van der Waals surface area contributed by atoms with Crippen LogP contribution in [0.15, 0.2) is 47.2 Å². The lowest BCUT2D eigenvalue weighted by Gasteiger charge is -2.26. The molecule has 0 saturated carbocycles. The monoisotopic (exact) mass is 316 g/mol. The molecule has 1 aromatic heterocycles. The topological polar surface area (TPSA) is 52.6 Å². The Morgan fingerprint density at radius 2 is 2.18 bits per heavy atom. The second-order valence-corrected chi connectivity index (χ2v) is 6.37. The Morgan fingerprint density at radius 3 is 2.91 bits per heavy atom. The number of benzene rings is 1. The summed E-state index contributed by atoms with van der Waals surface area (Å²) in [6, 6.07) is 11.6. The van der Waals surface area contributed by atoms with E-state index in [0.29, 0.717) is 6.42 Å². The zero-order valence-corrected chi connectivity index (χ0v) is 13.1. The number of urea groups is 1. The SMILES string of the molecule is O=C(Nc1ccsc1)N1CCCC1CC(O)c1ccccc1. The first-order valence-electron chi connectivity index (χ1n) is 7.57. The number of aliphatic hydroxyl groups is 1. The average molecular weight is 316 g/mol. The van der Waals surface area contributed by atoms with Crippen LogP contribution in [0.1, 0.15) is 30.9 Å². The number of amides is 2. The van der Waals surface area contributed by atoms with Crippen LogP contribution in [0, 0.1) is 0 Å². The van der Waals surface area contributed by atoms with Crippen LogP contribution in [0.25, 0.3) is 0 Å². The first-order valence-corrected chi connectivity index (χ1v) is 8.51. The van der Waals surface area contributed by atoms with E-state index in [-0.39, 0.29) is 12.1 Å². The Kier molecular flexibility index (Phi) is 4.75. The minimum atomic E-state index is -0.527. The molecule has 2 amide bonds. The third kappa shape index (κ3) is 3.48. The molecule has 3 rings (SSSR count). The molecule has 0 aliphatic carbocycles. The number of hydrogen-bond acceptors (Lipinski definition) is 3. The second kappa shape index (κ2) is 6.94. The summed E-state index contributed by atoms with van der Waals surface area (Å²) in [5.74, 6) is 0. The van der Waals surface area contributed by atoms with Crippen molar-refractivity contribution in [1.82, 2.24) is 4.90 Å². The minimum absolute atomic E-state index is 0.0684. The smallest absolute Gasteiger partial charge is 0.322 e. The van der Waals surface area contributed by atoms with Crippen molar-refractivity contribution in [1.29, 1.82) is 0 Å². The van der Waals surface area contributed by atoms with Gasteiger partial charge in [0.2, 0.25) is 0 Å². The van der Waals surface area contributed by atoms with E-state index < -0.39 is 6.10 Å². The van der Waals surface area contributed by atoms with Gasteiger partial charge in [-0.2, -0.15) is 11.3 Å². The molecule has 1 aliphatic heterocycles. The van der Waals surface area contributed by atoms with E-state index in [0.717, 1.165) is 30.6 Å². The van der Waals surface area contributed by atoms with Gasteiger partial charge in [0.1, 0.15) is 0 Å².